The lowest BCUT2D eigenvalue weighted by Gasteiger charge is -2.16. The van der Waals surface area contributed by atoms with Crippen molar-refractivity contribution in [1.82, 2.24) is 14.9 Å². The van der Waals surface area contributed by atoms with E-state index in [1.807, 2.05) is 13.0 Å². The van der Waals surface area contributed by atoms with E-state index < -0.39 is 0 Å². The van der Waals surface area contributed by atoms with Crippen LogP contribution in [0.15, 0.2) is 6.07 Å². The van der Waals surface area contributed by atoms with Gasteiger partial charge in [0.1, 0.15) is 11.6 Å². The molecule has 1 aliphatic rings. The molecule has 1 unspecified atom stereocenters. The molecule has 0 aliphatic carbocycles. The lowest BCUT2D eigenvalue weighted by Crippen LogP contribution is -2.22. The molecular formula is C15H26N4O. The molecule has 0 saturated carbocycles. The van der Waals surface area contributed by atoms with Crippen molar-refractivity contribution >= 4 is 5.82 Å². The molecule has 2 N–H and O–H groups in total. The standard InChI is InChI=1S/C15H26N4O/c1-3-6-16-14-9-12(2)17-15(18-14)11-19-7-4-13(10-19)5-8-20/h9,13,20H,3-8,10-11H2,1-2H3,(H,16,17,18). The van der Waals surface area contributed by atoms with Crippen LogP contribution in [0.4, 0.5) is 5.82 Å². The summed E-state index contributed by atoms with van der Waals surface area (Å²) < 4.78 is 0. The van der Waals surface area contributed by atoms with Gasteiger partial charge in [-0.25, -0.2) is 9.97 Å². The van der Waals surface area contributed by atoms with Gasteiger partial charge in [-0.3, -0.25) is 4.90 Å². The summed E-state index contributed by atoms with van der Waals surface area (Å²) in [6.45, 7) is 8.34. The third-order valence-corrected chi connectivity index (χ3v) is 3.73. The lowest BCUT2D eigenvalue weighted by atomic mass is 10.1. The molecule has 1 saturated heterocycles. The molecule has 5 heteroatoms. The van der Waals surface area contributed by atoms with E-state index in [2.05, 4.69) is 27.1 Å². The Balaban J connectivity index is 1.93. The summed E-state index contributed by atoms with van der Waals surface area (Å²) in [5.41, 5.74) is 1.01. The maximum Gasteiger partial charge on any atom is 0.144 e. The van der Waals surface area contributed by atoms with Gasteiger partial charge in [-0.1, -0.05) is 6.92 Å². The number of nitrogens with zero attached hydrogens (tertiary/aromatic N) is 3. The van der Waals surface area contributed by atoms with Crippen molar-refractivity contribution in [2.24, 2.45) is 5.92 Å². The van der Waals surface area contributed by atoms with Crippen molar-refractivity contribution in [3.8, 4) is 0 Å². The Labute approximate surface area is 121 Å². The van der Waals surface area contributed by atoms with Crippen molar-refractivity contribution in [1.29, 1.82) is 0 Å². The Morgan fingerprint density at radius 2 is 2.30 bits per heavy atom. The van der Waals surface area contributed by atoms with Crippen molar-refractivity contribution in [3.63, 3.8) is 0 Å². The molecule has 1 aromatic rings. The number of likely N-dealkylation sites (tertiary alicyclic amines) is 1. The zero-order chi connectivity index (χ0) is 14.4. The first kappa shape index (κ1) is 15.2. The highest BCUT2D eigenvalue weighted by Gasteiger charge is 2.22. The Morgan fingerprint density at radius 3 is 3.05 bits per heavy atom. The van der Waals surface area contributed by atoms with Gasteiger partial charge in [-0.2, -0.15) is 0 Å². The smallest absolute Gasteiger partial charge is 0.144 e. The predicted octanol–water partition coefficient (Wildman–Crippen LogP) is 1.81. The summed E-state index contributed by atoms with van der Waals surface area (Å²) in [4.78, 5) is 11.5. The number of aromatic nitrogens is 2. The number of hydrogen-bond acceptors (Lipinski definition) is 5. The summed E-state index contributed by atoms with van der Waals surface area (Å²) in [7, 11) is 0. The third-order valence-electron chi connectivity index (χ3n) is 3.73. The third kappa shape index (κ3) is 4.42. The maximum absolute atomic E-state index is 9.01. The molecule has 112 valence electrons. The number of anilines is 1. The average Bonchev–Trinajstić information content (AvgIpc) is 2.83. The molecule has 2 rings (SSSR count). The van der Waals surface area contributed by atoms with E-state index in [0.29, 0.717) is 12.5 Å². The number of rotatable bonds is 7. The van der Waals surface area contributed by atoms with Crippen LogP contribution >= 0.6 is 0 Å². The molecule has 0 aromatic carbocycles. The van der Waals surface area contributed by atoms with Gasteiger partial charge in [-0.15, -0.1) is 0 Å². The minimum absolute atomic E-state index is 0.296. The molecule has 1 fully saturated rings. The van der Waals surface area contributed by atoms with E-state index in [4.69, 9.17) is 5.11 Å². The average molecular weight is 278 g/mol. The first-order valence-corrected chi connectivity index (χ1v) is 7.63. The molecule has 5 nitrogen and oxygen atoms in total. The van der Waals surface area contributed by atoms with Crippen LogP contribution in [0.1, 0.15) is 37.7 Å². The van der Waals surface area contributed by atoms with E-state index >= 15 is 0 Å². The first-order chi connectivity index (χ1) is 9.71. The van der Waals surface area contributed by atoms with Crippen LogP contribution in [0.3, 0.4) is 0 Å². The second kappa shape index (κ2) is 7.55. The minimum atomic E-state index is 0.296. The van der Waals surface area contributed by atoms with Gasteiger partial charge >= 0.3 is 0 Å². The largest absolute Gasteiger partial charge is 0.396 e. The molecule has 0 radical (unpaired) electrons. The van der Waals surface area contributed by atoms with Gasteiger partial charge in [0.25, 0.3) is 0 Å². The lowest BCUT2D eigenvalue weighted by molar-refractivity contribution is 0.248. The molecule has 20 heavy (non-hydrogen) atoms. The monoisotopic (exact) mass is 278 g/mol. The molecule has 0 spiro atoms. The van der Waals surface area contributed by atoms with Gasteiger partial charge in [0.2, 0.25) is 0 Å². The summed E-state index contributed by atoms with van der Waals surface area (Å²) in [5.74, 6) is 2.45. The van der Waals surface area contributed by atoms with Gasteiger partial charge in [0.05, 0.1) is 6.54 Å². The van der Waals surface area contributed by atoms with E-state index in [0.717, 1.165) is 56.4 Å². The SMILES string of the molecule is CCCNc1cc(C)nc(CN2CCC(CCO)C2)n1. The van der Waals surface area contributed by atoms with Crippen LogP contribution in [0.25, 0.3) is 0 Å². The normalized spacial score (nSPS) is 19.4. The molecule has 1 aromatic heterocycles. The number of nitrogens with one attached hydrogen (secondary N) is 1. The van der Waals surface area contributed by atoms with Crippen molar-refractivity contribution in [2.75, 3.05) is 31.6 Å². The summed E-state index contributed by atoms with van der Waals surface area (Å²) >= 11 is 0. The highest BCUT2D eigenvalue weighted by Crippen LogP contribution is 2.20. The summed E-state index contributed by atoms with van der Waals surface area (Å²) in [5, 5.41) is 12.3. The zero-order valence-corrected chi connectivity index (χ0v) is 12.6. The summed E-state index contributed by atoms with van der Waals surface area (Å²) in [6, 6.07) is 2.00. The second-order valence-electron chi connectivity index (χ2n) is 5.64. The van der Waals surface area contributed by atoms with Crippen LogP contribution in [-0.2, 0) is 6.54 Å². The van der Waals surface area contributed by atoms with Crippen LogP contribution in [0.2, 0.25) is 0 Å². The molecule has 1 aliphatic heterocycles. The minimum Gasteiger partial charge on any atom is -0.396 e. The van der Waals surface area contributed by atoms with Crippen molar-refractivity contribution in [3.05, 3.63) is 17.6 Å². The number of hydrogen-bond donors (Lipinski definition) is 2. The fourth-order valence-corrected chi connectivity index (χ4v) is 2.72. The van der Waals surface area contributed by atoms with Gasteiger partial charge in [0.15, 0.2) is 0 Å². The van der Waals surface area contributed by atoms with Gasteiger partial charge < -0.3 is 10.4 Å². The Bertz CT molecular complexity index is 424. The van der Waals surface area contributed by atoms with Crippen LogP contribution in [0, 0.1) is 12.8 Å². The molecule has 2 heterocycles. The predicted molar refractivity (Wildman–Crippen MR) is 80.6 cm³/mol. The highest BCUT2D eigenvalue weighted by atomic mass is 16.3. The Morgan fingerprint density at radius 1 is 1.45 bits per heavy atom. The topological polar surface area (TPSA) is 61.3 Å². The number of aliphatic hydroxyl groups is 1. The zero-order valence-electron chi connectivity index (χ0n) is 12.6. The fourth-order valence-electron chi connectivity index (χ4n) is 2.72. The van der Waals surface area contributed by atoms with Crippen LogP contribution in [-0.4, -0.2) is 46.2 Å². The highest BCUT2D eigenvalue weighted by molar-refractivity contribution is 5.35. The van der Waals surface area contributed by atoms with Gasteiger partial charge in [0, 0.05) is 31.5 Å². The Kier molecular flexibility index (Phi) is 5.73. The Hall–Kier alpha value is -1.20. The van der Waals surface area contributed by atoms with Crippen LogP contribution in [0.5, 0.6) is 0 Å². The number of aryl methyl sites for hydroxylation is 1. The summed E-state index contributed by atoms with van der Waals surface area (Å²) in [6.07, 6.45) is 3.18. The quantitative estimate of drug-likeness (QED) is 0.796. The van der Waals surface area contributed by atoms with Crippen LogP contribution < -0.4 is 5.32 Å². The van der Waals surface area contributed by atoms with Gasteiger partial charge in [-0.05, 0) is 38.6 Å². The fraction of sp³-hybridized carbons (Fsp3) is 0.733. The maximum atomic E-state index is 9.01. The molecule has 0 amide bonds. The van der Waals surface area contributed by atoms with E-state index in [1.165, 1.54) is 6.42 Å². The second-order valence-corrected chi connectivity index (χ2v) is 5.64. The molecule has 1 atom stereocenters. The van der Waals surface area contributed by atoms with Crippen molar-refractivity contribution in [2.45, 2.75) is 39.7 Å². The van der Waals surface area contributed by atoms with E-state index in [-0.39, 0.29) is 0 Å². The van der Waals surface area contributed by atoms with E-state index in [1.54, 1.807) is 0 Å². The van der Waals surface area contributed by atoms with Crippen molar-refractivity contribution < 1.29 is 5.11 Å². The molecule has 0 bridgehead atoms. The number of aliphatic hydroxyl groups excluding tert-OH is 1. The first-order valence-electron chi connectivity index (χ1n) is 7.63. The molecular weight excluding hydrogens is 252 g/mol. The van der Waals surface area contributed by atoms with E-state index in [9.17, 15) is 0 Å².